The molecule has 2 rings (SSSR count). The van der Waals surface area contributed by atoms with Crippen molar-refractivity contribution < 1.29 is 8.83 Å². The van der Waals surface area contributed by atoms with Crippen molar-refractivity contribution in [1.82, 2.24) is 15.5 Å². The molecule has 6 heteroatoms. The number of rotatable bonds is 7. The molecule has 0 spiro atoms. The zero-order valence-electron chi connectivity index (χ0n) is 11.5. The van der Waals surface area contributed by atoms with Crippen LogP contribution in [0.4, 0.5) is 6.01 Å². The Kier molecular flexibility index (Phi) is 4.57. The first kappa shape index (κ1) is 13.6. The Morgan fingerprint density at radius 2 is 2.16 bits per heavy atom. The van der Waals surface area contributed by atoms with Gasteiger partial charge in [0.15, 0.2) is 0 Å². The molecule has 2 atom stereocenters. The molecule has 2 unspecified atom stereocenters. The third-order valence-corrected chi connectivity index (χ3v) is 3.02. The molecule has 0 fully saturated rings. The van der Waals surface area contributed by atoms with Crippen molar-refractivity contribution >= 4 is 6.01 Å². The summed E-state index contributed by atoms with van der Waals surface area (Å²) in [7, 11) is 1.86. The molecule has 104 valence electrons. The molecule has 0 amide bonds. The van der Waals surface area contributed by atoms with Gasteiger partial charge in [0.25, 0.3) is 0 Å². The molecular formula is C13H20N4O2. The summed E-state index contributed by atoms with van der Waals surface area (Å²) in [4.78, 5) is 0. The number of aromatic nitrogens is 2. The van der Waals surface area contributed by atoms with Gasteiger partial charge in [0.1, 0.15) is 5.76 Å². The molecule has 0 saturated carbocycles. The van der Waals surface area contributed by atoms with Gasteiger partial charge in [-0.3, -0.25) is 0 Å². The molecule has 0 aliphatic carbocycles. The minimum Gasteiger partial charge on any atom is -0.469 e. The van der Waals surface area contributed by atoms with E-state index in [0.29, 0.717) is 11.9 Å². The molecule has 0 bridgehead atoms. The molecule has 2 heterocycles. The third kappa shape index (κ3) is 3.82. The lowest BCUT2D eigenvalue weighted by Crippen LogP contribution is -2.16. The fourth-order valence-electron chi connectivity index (χ4n) is 1.69. The van der Waals surface area contributed by atoms with E-state index >= 15 is 0 Å². The summed E-state index contributed by atoms with van der Waals surface area (Å²) < 4.78 is 10.8. The van der Waals surface area contributed by atoms with Crippen LogP contribution in [0.15, 0.2) is 27.2 Å². The van der Waals surface area contributed by atoms with E-state index < -0.39 is 0 Å². The van der Waals surface area contributed by atoms with Gasteiger partial charge in [-0.1, -0.05) is 5.10 Å². The predicted molar refractivity (Wildman–Crippen MR) is 71.9 cm³/mol. The maximum Gasteiger partial charge on any atom is 0.315 e. The first-order chi connectivity index (χ1) is 9.19. The Balaban J connectivity index is 1.81. The quantitative estimate of drug-likeness (QED) is 0.799. The molecular weight excluding hydrogens is 244 g/mol. The number of nitrogens with one attached hydrogen (secondary N) is 2. The van der Waals surface area contributed by atoms with Crippen molar-refractivity contribution in [2.24, 2.45) is 0 Å². The summed E-state index contributed by atoms with van der Waals surface area (Å²) in [5.74, 6) is 1.58. The first-order valence-corrected chi connectivity index (χ1v) is 6.48. The van der Waals surface area contributed by atoms with Crippen LogP contribution in [0.1, 0.15) is 38.0 Å². The smallest absolute Gasteiger partial charge is 0.315 e. The van der Waals surface area contributed by atoms with Crippen LogP contribution < -0.4 is 10.6 Å². The van der Waals surface area contributed by atoms with Crippen molar-refractivity contribution in [3.05, 3.63) is 30.0 Å². The Bertz CT molecular complexity index is 481. The predicted octanol–water partition coefficient (Wildman–Crippen LogP) is 2.38. The maximum absolute atomic E-state index is 5.52. The van der Waals surface area contributed by atoms with E-state index in [4.69, 9.17) is 8.83 Å². The Labute approximate surface area is 112 Å². The van der Waals surface area contributed by atoms with Crippen LogP contribution in [-0.2, 0) is 6.42 Å². The van der Waals surface area contributed by atoms with Gasteiger partial charge < -0.3 is 19.5 Å². The van der Waals surface area contributed by atoms with E-state index in [9.17, 15) is 0 Å². The lowest BCUT2D eigenvalue weighted by Gasteiger charge is -2.10. The van der Waals surface area contributed by atoms with Crippen LogP contribution in [-0.4, -0.2) is 23.3 Å². The van der Waals surface area contributed by atoms with E-state index in [2.05, 4.69) is 27.8 Å². The van der Waals surface area contributed by atoms with Gasteiger partial charge in [-0.05, 0) is 39.4 Å². The van der Waals surface area contributed by atoms with E-state index in [-0.39, 0.29) is 12.1 Å². The monoisotopic (exact) mass is 264 g/mol. The zero-order valence-corrected chi connectivity index (χ0v) is 11.5. The molecule has 2 aromatic rings. The largest absolute Gasteiger partial charge is 0.469 e. The topological polar surface area (TPSA) is 76.1 Å². The van der Waals surface area contributed by atoms with Gasteiger partial charge in [0.05, 0.1) is 12.3 Å². The SMILES string of the molecule is CNC(C)c1nnc(NC(C)CCc2ccco2)o1. The van der Waals surface area contributed by atoms with Crippen LogP contribution in [0.5, 0.6) is 0 Å². The standard InChI is InChI=1S/C13H20N4O2/c1-9(6-7-11-5-4-8-18-11)15-13-17-16-12(19-13)10(2)14-3/h4-5,8-10,14H,6-7H2,1-3H3,(H,15,17). The highest BCUT2D eigenvalue weighted by Gasteiger charge is 2.13. The van der Waals surface area contributed by atoms with Gasteiger partial charge in [-0.25, -0.2) is 0 Å². The van der Waals surface area contributed by atoms with Crippen molar-refractivity contribution in [3.63, 3.8) is 0 Å². The van der Waals surface area contributed by atoms with Crippen LogP contribution in [0, 0.1) is 0 Å². The van der Waals surface area contributed by atoms with Gasteiger partial charge in [-0.15, -0.1) is 5.10 Å². The average molecular weight is 264 g/mol. The van der Waals surface area contributed by atoms with Gasteiger partial charge in [-0.2, -0.15) is 0 Å². The molecule has 0 saturated heterocycles. The second-order valence-corrected chi connectivity index (χ2v) is 4.62. The fourth-order valence-corrected chi connectivity index (χ4v) is 1.69. The zero-order chi connectivity index (χ0) is 13.7. The number of hydrogen-bond donors (Lipinski definition) is 2. The Hall–Kier alpha value is -1.82. The summed E-state index contributed by atoms with van der Waals surface area (Å²) in [5, 5.41) is 14.2. The summed E-state index contributed by atoms with van der Waals surface area (Å²) in [6.45, 7) is 4.05. The van der Waals surface area contributed by atoms with Gasteiger partial charge in [0.2, 0.25) is 5.89 Å². The fraction of sp³-hybridized carbons (Fsp3) is 0.538. The third-order valence-electron chi connectivity index (χ3n) is 3.02. The lowest BCUT2D eigenvalue weighted by molar-refractivity contribution is 0.436. The highest BCUT2D eigenvalue weighted by molar-refractivity contribution is 5.19. The second-order valence-electron chi connectivity index (χ2n) is 4.62. The number of nitrogens with zero attached hydrogens (tertiary/aromatic N) is 2. The van der Waals surface area contributed by atoms with Crippen molar-refractivity contribution in [1.29, 1.82) is 0 Å². The van der Waals surface area contributed by atoms with Crippen molar-refractivity contribution in [3.8, 4) is 0 Å². The van der Waals surface area contributed by atoms with E-state index in [1.165, 1.54) is 0 Å². The highest BCUT2D eigenvalue weighted by atomic mass is 16.4. The van der Waals surface area contributed by atoms with E-state index in [0.717, 1.165) is 18.6 Å². The minimum atomic E-state index is 0.0569. The number of anilines is 1. The van der Waals surface area contributed by atoms with Crippen LogP contribution in [0.3, 0.4) is 0 Å². The van der Waals surface area contributed by atoms with Gasteiger partial charge >= 0.3 is 6.01 Å². The van der Waals surface area contributed by atoms with Crippen LogP contribution in [0.25, 0.3) is 0 Å². The molecule has 6 nitrogen and oxygen atoms in total. The number of furan rings is 1. The summed E-state index contributed by atoms with van der Waals surface area (Å²) >= 11 is 0. The Morgan fingerprint density at radius 3 is 2.84 bits per heavy atom. The first-order valence-electron chi connectivity index (χ1n) is 6.48. The van der Waals surface area contributed by atoms with Crippen LogP contribution >= 0.6 is 0 Å². The normalized spacial score (nSPS) is 14.3. The number of aryl methyl sites for hydroxylation is 1. The molecule has 0 aliphatic heterocycles. The van der Waals surface area contributed by atoms with Crippen molar-refractivity contribution in [2.75, 3.05) is 12.4 Å². The lowest BCUT2D eigenvalue weighted by atomic mass is 10.1. The molecule has 0 aliphatic rings. The molecule has 19 heavy (non-hydrogen) atoms. The molecule has 2 N–H and O–H groups in total. The molecule has 2 aromatic heterocycles. The average Bonchev–Trinajstić information content (AvgIpc) is 3.06. The summed E-state index contributed by atoms with van der Waals surface area (Å²) in [6.07, 6.45) is 3.51. The van der Waals surface area contributed by atoms with Crippen LogP contribution in [0.2, 0.25) is 0 Å². The minimum absolute atomic E-state index is 0.0569. The number of hydrogen-bond acceptors (Lipinski definition) is 6. The highest BCUT2D eigenvalue weighted by Crippen LogP contribution is 2.15. The Morgan fingerprint density at radius 1 is 1.32 bits per heavy atom. The second kappa shape index (κ2) is 6.38. The van der Waals surface area contributed by atoms with E-state index in [1.807, 2.05) is 26.1 Å². The summed E-state index contributed by atoms with van der Waals surface area (Å²) in [6, 6.07) is 4.64. The maximum atomic E-state index is 5.52. The molecule has 0 radical (unpaired) electrons. The van der Waals surface area contributed by atoms with Gasteiger partial charge in [0, 0.05) is 12.5 Å². The summed E-state index contributed by atoms with van der Waals surface area (Å²) in [5.41, 5.74) is 0. The van der Waals surface area contributed by atoms with Crippen molar-refractivity contribution in [2.45, 2.75) is 38.8 Å². The van der Waals surface area contributed by atoms with E-state index in [1.54, 1.807) is 6.26 Å². The molecule has 0 aromatic carbocycles.